The summed E-state index contributed by atoms with van der Waals surface area (Å²) >= 11 is 0. The molecule has 8 heteroatoms. The van der Waals surface area contributed by atoms with Gasteiger partial charge >= 0.3 is 16.1 Å². The minimum atomic E-state index is -4.03. The molecule has 0 saturated carbocycles. The molecule has 1 atom stereocenters. The molecule has 0 aliphatic carbocycles. The van der Waals surface area contributed by atoms with E-state index in [9.17, 15) is 13.2 Å². The summed E-state index contributed by atoms with van der Waals surface area (Å²) in [7, 11) is -4.03. The molecule has 0 N–H and O–H groups in total. The third-order valence-electron chi connectivity index (χ3n) is 6.08. The lowest BCUT2D eigenvalue weighted by atomic mass is 9.59. The molecule has 0 aromatic heterocycles. The normalized spacial score (nSPS) is 14.9. The zero-order chi connectivity index (χ0) is 26.0. The maximum atomic E-state index is 13.0. The third-order valence-corrected chi connectivity index (χ3v) is 7.17. The minimum Gasteiger partial charge on any atom is -0.465 e. The lowest BCUT2D eigenvalue weighted by molar-refractivity contribution is -0.166. The van der Waals surface area contributed by atoms with Crippen molar-refractivity contribution in [3.8, 4) is 6.07 Å². The van der Waals surface area contributed by atoms with Crippen LogP contribution in [0.1, 0.15) is 73.3 Å². The van der Waals surface area contributed by atoms with Crippen molar-refractivity contribution >= 4 is 27.9 Å². The van der Waals surface area contributed by atoms with Crippen molar-refractivity contribution in [2.45, 2.75) is 67.7 Å². The van der Waals surface area contributed by atoms with E-state index >= 15 is 0 Å². The Kier molecular flexibility index (Phi) is 10.5. The van der Waals surface area contributed by atoms with Crippen LogP contribution in [0.4, 0.5) is 0 Å². The van der Waals surface area contributed by atoms with E-state index in [1.807, 2.05) is 44.2 Å². The van der Waals surface area contributed by atoms with Gasteiger partial charge in [-0.25, -0.2) is 0 Å². The fraction of sp³-hybridized carbons (Fsp3) is 0.577. The van der Waals surface area contributed by atoms with Gasteiger partial charge in [-0.3, -0.25) is 9.08 Å². The van der Waals surface area contributed by atoms with Crippen LogP contribution in [0.2, 0.25) is 0 Å². The van der Waals surface area contributed by atoms with Crippen molar-refractivity contribution in [1.29, 1.82) is 5.26 Å². The zero-order valence-electron chi connectivity index (χ0n) is 21.4. The molecule has 34 heavy (non-hydrogen) atoms. The Morgan fingerprint density at radius 1 is 1.12 bits per heavy atom. The number of benzene rings is 1. The summed E-state index contributed by atoms with van der Waals surface area (Å²) in [6, 6.07) is 11.0. The molecule has 188 valence electrons. The molecule has 0 spiro atoms. The van der Waals surface area contributed by atoms with Crippen LogP contribution in [-0.4, -0.2) is 32.5 Å². The summed E-state index contributed by atoms with van der Waals surface area (Å²) in [5.41, 5.74) is -0.435. The Bertz CT molecular complexity index is 1020. The van der Waals surface area contributed by atoms with Crippen LogP contribution in [-0.2, 0) is 23.9 Å². The fourth-order valence-electron chi connectivity index (χ4n) is 3.56. The second-order valence-corrected chi connectivity index (χ2v) is 12.1. The smallest absolute Gasteiger partial charge is 0.328 e. The summed E-state index contributed by atoms with van der Waals surface area (Å²) in [4.78, 5) is 13.0. The zero-order valence-corrected chi connectivity index (χ0v) is 22.2. The SMILES string of the molecule is CCC(C)(C)C(C)(CC(C)(C)C)C(=O)OCCCS(=O)(=O)ON=C(C#N)C=Cc1ccccc1. The summed E-state index contributed by atoms with van der Waals surface area (Å²) in [5.74, 6) is -0.721. The van der Waals surface area contributed by atoms with Crippen molar-refractivity contribution < 1.29 is 22.2 Å². The Hall–Kier alpha value is -2.66. The first kappa shape index (κ1) is 29.4. The monoisotopic (exact) mass is 490 g/mol. The van der Waals surface area contributed by atoms with E-state index in [0.29, 0.717) is 6.42 Å². The Balaban J connectivity index is 2.69. The minimum absolute atomic E-state index is 0.0519. The number of esters is 1. The fourth-order valence-corrected chi connectivity index (χ4v) is 4.30. The predicted octanol–water partition coefficient (Wildman–Crippen LogP) is 5.74. The van der Waals surface area contributed by atoms with E-state index in [2.05, 4.69) is 44.1 Å². The second-order valence-electron chi connectivity index (χ2n) is 10.5. The van der Waals surface area contributed by atoms with Gasteiger partial charge < -0.3 is 4.74 Å². The van der Waals surface area contributed by atoms with Gasteiger partial charge in [0.2, 0.25) is 0 Å². The first-order valence-corrected chi connectivity index (χ1v) is 13.0. The number of hydrogen-bond acceptors (Lipinski definition) is 7. The standard InChI is InChI=1S/C26H38N2O5S/c1-8-25(5,6)26(7,20-24(2,3)4)23(29)32-17-12-18-34(30,31)33-28-22(19-27)16-15-21-13-10-9-11-14-21/h9-11,13-16H,8,12,17-18,20H2,1-7H3. The molecule has 0 bridgehead atoms. The number of carbonyl (C=O) groups excluding carboxylic acids is 1. The number of hydrogen-bond donors (Lipinski definition) is 0. The highest BCUT2D eigenvalue weighted by atomic mass is 32.2. The van der Waals surface area contributed by atoms with Gasteiger partial charge in [0.15, 0.2) is 5.71 Å². The molecule has 0 amide bonds. The molecule has 7 nitrogen and oxygen atoms in total. The second kappa shape index (κ2) is 12.2. The van der Waals surface area contributed by atoms with Gasteiger partial charge in [0, 0.05) is 0 Å². The van der Waals surface area contributed by atoms with E-state index in [-0.39, 0.29) is 35.5 Å². The molecule has 0 heterocycles. The molecule has 0 aliphatic heterocycles. The van der Waals surface area contributed by atoms with Crippen LogP contribution in [0, 0.1) is 27.6 Å². The summed E-state index contributed by atoms with van der Waals surface area (Å²) in [6.07, 6.45) is 4.50. The predicted molar refractivity (Wildman–Crippen MR) is 135 cm³/mol. The molecule has 0 saturated heterocycles. The van der Waals surface area contributed by atoms with Crippen LogP contribution < -0.4 is 0 Å². The molecule has 0 fully saturated rings. The average molecular weight is 491 g/mol. The van der Waals surface area contributed by atoms with Crippen molar-refractivity contribution in [3.63, 3.8) is 0 Å². The largest absolute Gasteiger partial charge is 0.465 e. The van der Waals surface area contributed by atoms with E-state index < -0.39 is 21.3 Å². The first-order chi connectivity index (χ1) is 15.7. The van der Waals surface area contributed by atoms with Gasteiger partial charge in [0.25, 0.3) is 0 Å². The molecule has 0 aliphatic rings. The summed E-state index contributed by atoms with van der Waals surface area (Å²) < 4.78 is 34.5. The Morgan fingerprint density at radius 2 is 1.74 bits per heavy atom. The van der Waals surface area contributed by atoms with Gasteiger partial charge in [-0.15, -0.1) is 0 Å². The van der Waals surface area contributed by atoms with E-state index in [1.165, 1.54) is 6.08 Å². The van der Waals surface area contributed by atoms with Gasteiger partial charge in [0.1, 0.15) is 6.07 Å². The number of ether oxygens (including phenoxy) is 1. The first-order valence-electron chi connectivity index (χ1n) is 11.5. The van der Waals surface area contributed by atoms with Gasteiger partial charge in [-0.05, 0) is 48.7 Å². The van der Waals surface area contributed by atoms with Crippen molar-refractivity contribution in [2.75, 3.05) is 12.4 Å². The topological polar surface area (TPSA) is 106 Å². The Morgan fingerprint density at radius 3 is 2.26 bits per heavy atom. The highest BCUT2D eigenvalue weighted by molar-refractivity contribution is 7.86. The van der Waals surface area contributed by atoms with E-state index in [4.69, 9.17) is 10.00 Å². The number of oxime groups is 1. The van der Waals surface area contributed by atoms with Crippen molar-refractivity contribution in [3.05, 3.63) is 42.0 Å². The molecule has 1 unspecified atom stereocenters. The number of rotatable bonds is 12. The maximum Gasteiger partial charge on any atom is 0.328 e. The lowest BCUT2D eigenvalue weighted by Crippen LogP contribution is -2.45. The highest BCUT2D eigenvalue weighted by Crippen LogP contribution is 2.49. The third kappa shape index (κ3) is 9.30. The number of allylic oxidation sites excluding steroid dienone is 1. The number of nitrogens with zero attached hydrogens (tertiary/aromatic N) is 2. The van der Waals surface area contributed by atoms with Gasteiger partial charge in [-0.2, -0.15) is 13.7 Å². The van der Waals surface area contributed by atoms with E-state index in [0.717, 1.165) is 12.0 Å². The molecule has 1 aromatic rings. The number of carbonyl (C=O) groups is 1. The van der Waals surface area contributed by atoms with Crippen LogP contribution in [0.15, 0.2) is 41.6 Å². The van der Waals surface area contributed by atoms with Crippen LogP contribution in [0.25, 0.3) is 6.08 Å². The quantitative estimate of drug-likeness (QED) is 0.160. The van der Waals surface area contributed by atoms with Crippen molar-refractivity contribution in [2.24, 2.45) is 21.4 Å². The maximum absolute atomic E-state index is 13.0. The highest BCUT2D eigenvalue weighted by Gasteiger charge is 2.49. The summed E-state index contributed by atoms with van der Waals surface area (Å²) in [6.45, 7) is 14.3. The van der Waals surface area contributed by atoms with Crippen LogP contribution in [0.5, 0.6) is 0 Å². The van der Waals surface area contributed by atoms with Crippen LogP contribution >= 0.6 is 0 Å². The lowest BCUT2D eigenvalue weighted by Gasteiger charge is -2.45. The molecule has 1 aromatic carbocycles. The van der Waals surface area contributed by atoms with Gasteiger partial charge in [0.05, 0.1) is 17.8 Å². The van der Waals surface area contributed by atoms with E-state index in [1.54, 1.807) is 12.1 Å². The molecular weight excluding hydrogens is 452 g/mol. The van der Waals surface area contributed by atoms with Gasteiger partial charge in [-0.1, -0.05) is 83.1 Å². The average Bonchev–Trinajstić information content (AvgIpc) is 2.76. The number of nitriles is 1. The molecular formula is C26H38N2O5S. The Labute approximate surface area is 205 Å². The van der Waals surface area contributed by atoms with Crippen LogP contribution in [0.3, 0.4) is 0 Å². The summed E-state index contributed by atoms with van der Waals surface area (Å²) in [5, 5.41) is 12.6. The molecule has 1 rings (SSSR count). The molecule has 0 radical (unpaired) electrons. The van der Waals surface area contributed by atoms with Crippen molar-refractivity contribution in [1.82, 2.24) is 0 Å².